The highest BCUT2D eigenvalue weighted by atomic mass is 16.5. The van der Waals surface area contributed by atoms with Gasteiger partial charge in [0.15, 0.2) is 6.61 Å². The van der Waals surface area contributed by atoms with Crippen molar-refractivity contribution in [3.63, 3.8) is 0 Å². The monoisotopic (exact) mass is 447 g/mol. The number of nitrogens with zero attached hydrogens (tertiary/aromatic N) is 1. The van der Waals surface area contributed by atoms with Gasteiger partial charge in [-0.3, -0.25) is 14.4 Å². The first kappa shape index (κ1) is 22.1. The van der Waals surface area contributed by atoms with Crippen LogP contribution in [0, 0.1) is 12.8 Å². The van der Waals surface area contributed by atoms with Crippen molar-refractivity contribution in [2.24, 2.45) is 5.92 Å². The summed E-state index contributed by atoms with van der Waals surface area (Å²) in [5.74, 6) is 0.195. The molecule has 3 amide bonds. The summed E-state index contributed by atoms with van der Waals surface area (Å²) in [5, 5.41) is 5.58. The summed E-state index contributed by atoms with van der Waals surface area (Å²) in [7, 11) is 0. The maximum atomic E-state index is 12.5. The largest absolute Gasteiger partial charge is 0.484 e. The van der Waals surface area contributed by atoms with Gasteiger partial charge in [-0.15, -0.1) is 0 Å². The van der Waals surface area contributed by atoms with Gasteiger partial charge in [0.05, 0.1) is 18.7 Å². The van der Waals surface area contributed by atoms with Crippen molar-refractivity contribution in [2.45, 2.75) is 19.9 Å². The molecule has 170 valence electrons. The number of rotatable bonds is 8. The molecule has 1 saturated heterocycles. The van der Waals surface area contributed by atoms with Crippen molar-refractivity contribution >= 4 is 29.1 Å². The van der Waals surface area contributed by atoms with Crippen LogP contribution < -0.4 is 20.3 Å². The van der Waals surface area contributed by atoms with Crippen LogP contribution in [0.2, 0.25) is 0 Å². The Morgan fingerprint density at radius 1 is 1.09 bits per heavy atom. The van der Waals surface area contributed by atoms with Crippen LogP contribution in [0.1, 0.15) is 17.7 Å². The van der Waals surface area contributed by atoms with Crippen molar-refractivity contribution in [3.8, 4) is 5.75 Å². The van der Waals surface area contributed by atoms with E-state index in [1.165, 1.54) is 0 Å². The molecule has 2 aromatic carbocycles. The second-order valence-electron chi connectivity index (χ2n) is 7.90. The fraction of sp³-hybridized carbons (Fsp3) is 0.240. The molecule has 2 heterocycles. The Bertz CT molecular complexity index is 1110. The SMILES string of the molecule is Cc1ccc(NC(=O)COc2ccc(N3C[C@@H](C(=O)NCc4ccco4)CC3=O)cc2)cc1. The van der Waals surface area contributed by atoms with Crippen LogP contribution in [0.25, 0.3) is 0 Å². The highest BCUT2D eigenvalue weighted by molar-refractivity contribution is 6.00. The Kier molecular flexibility index (Phi) is 6.73. The lowest BCUT2D eigenvalue weighted by atomic mass is 10.1. The van der Waals surface area contributed by atoms with E-state index in [0.29, 0.717) is 36.0 Å². The topological polar surface area (TPSA) is 101 Å². The van der Waals surface area contributed by atoms with E-state index in [2.05, 4.69) is 10.6 Å². The van der Waals surface area contributed by atoms with Gasteiger partial charge in [0, 0.05) is 24.3 Å². The molecule has 0 radical (unpaired) electrons. The molecule has 2 N–H and O–H groups in total. The van der Waals surface area contributed by atoms with Crippen molar-refractivity contribution < 1.29 is 23.5 Å². The minimum atomic E-state index is -0.422. The Balaban J connectivity index is 1.26. The molecule has 0 aliphatic carbocycles. The Morgan fingerprint density at radius 3 is 2.55 bits per heavy atom. The Morgan fingerprint density at radius 2 is 1.85 bits per heavy atom. The lowest BCUT2D eigenvalue weighted by molar-refractivity contribution is -0.126. The number of hydrogen-bond donors (Lipinski definition) is 2. The third-order valence-electron chi connectivity index (χ3n) is 5.37. The second kappa shape index (κ2) is 10.0. The van der Waals surface area contributed by atoms with Crippen molar-refractivity contribution in [1.29, 1.82) is 0 Å². The predicted octanol–water partition coefficient (Wildman–Crippen LogP) is 3.27. The fourth-order valence-corrected chi connectivity index (χ4v) is 3.57. The first-order valence-corrected chi connectivity index (χ1v) is 10.7. The van der Waals surface area contributed by atoms with E-state index in [4.69, 9.17) is 9.15 Å². The van der Waals surface area contributed by atoms with Crippen LogP contribution in [-0.2, 0) is 20.9 Å². The Hall–Kier alpha value is -4.07. The number of anilines is 2. The zero-order valence-electron chi connectivity index (χ0n) is 18.2. The zero-order valence-corrected chi connectivity index (χ0v) is 18.2. The lowest BCUT2D eigenvalue weighted by Crippen LogP contribution is -2.32. The molecule has 0 bridgehead atoms. The van der Waals surface area contributed by atoms with Crippen LogP contribution in [-0.4, -0.2) is 30.9 Å². The number of benzene rings is 2. The molecule has 0 saturated carbocycles. The van der Waals surface area contributed by atoms with E-state index < -0.39 is 5.92 Å². The molecule has 0 spiro atoms. The molecule has 1 aromatic heterocycles. The number of carbonyl (C=O) groups excluding carboxylic acids is 3. The fourth-order valence-electron chi connectivity index (χ4n) is 3.57. The Labute approximate surface area is 191 Å². The van der Waals surface area contributed by atoms with Gasteiger partial charge in [0.2, 0.25) is 11.8 Å². The number of nitrogens with one attached hydrogen (secondary N) is 2. The second-order valence-corrected chi connectivity index (χ2v) is 7.90. The summed E-state index contributed by atoms with van der Waals surface area (Å²) in [4.78, 5) is 38.6. The first-order valence-electron chi connectivity index (χ1n) is 10.7. The molecule has 3 aromatic rings. The van der Waals surface area contributed by atoms with Crippen LogP contribution >= 0.6 is 0 Å². The number of ether oxygens (including phenoxy) is 1. The summed E-state index contributed by atoms with van der Waals surface area (Å²) < 4.78 is 10.8. The molecular weight excluding hydrogens is 422 g/mol. The molecule has 0 unspecified atom stereocenters. The average molecular weight is 447 g/mol. The molecule has 1 atom stereocenters. The summed E-state index contributed by atoms with van der Waals surface area (Å²) in [6.45, 7) is 2.45. The van der Waals surface area contributed by atoms with E-state index in [1.807, 2.05) is 31.2 Å². The average Bonchev–Trinajstić information content (AvgIpc) is 3.48. The number of carbonyl (C=O) groups is 3. The summed E-state index contributed by atoms with van der Waals surface area (Å²) in [6.07, 6.45) is 1.70. The molecule has 1 fully saturated rings. The molecule has 1 aliphatic heterocycles. The third kappa shape index (κ3) is 5.79. The van der Waals surface area contributed by atoms with Crippen LogP contribution in [0.5, 0.6) is 5.75 Å². The maximum Gasteiger partial charge on any atom is 0.262 e. The van der Waals surface area contributed by atoms with Gasteiger partial charge in [-0.25, -0.2) is 0 Å². The van der Waals surface area contributed by atoms with Crippen LogP contribution in [0.3, 0.4) is 0 Å². The predicted molar refractivity (Wildman–Crippen MR) is 123 cm³/mol. The minimum Gasteiger partial charge on any atom is -0.484 e. The highest BCUT2D eigenvalue weighted by Crippen LogP contribution is 2.27. The molecule has 1 aliphatic rings. The van der Waals surface area contributed by atoms with E-state index in [0.717, 1.165) is 5.56 Å². The van der Waals surface area contributed by atoms with E-state index in [-0.39, 0.29) is 30.7 Å². The van der Waals surface area contributed by atoms with Crippen LogP contribution in [0.15, 0.2) is 71.3 Å². The number of amides is 3. The smallest absolute Gasteiger partial charge is 0.262 e. The number of hydrogen-bond acceptors (Lipinski definition) is 5. The third-order valence-corrected chi connectivity index (χ3v) is 5.37. The standard InChI is InChI=1S/C25H25N3O5/c1-17-4-6-19(7-5-17)27-23(29)16-33-21-10-8-20(9-11-21)28-15-18(13-24(28)30)25(31)26-14-22-3-2-12-32-22/h2-12,18H,13-16H2,1H3,(H,26,31)(H,27,29)/t18-/m0/s1. The van der Waals surface area contributed by atoms with E-state index in [1.54, 1.807) is 47.6 Å². The molecule has 33 heavy (non-hydrogen) atoms. The van der Waals surface area contributed by atoms with Crippen molar-refractivity contribution in [2.75, 3.05) is 23.4 Å². The summed E-state index contributed by atoms with van der Waals surface area (Å²) in [6, 6.07) is 17.9. The van der Waals surface area contributed by atoms with Crippen molar-refractivity contribution in [1.82, 2.24) is 5.32 Å². The van der Waals surface area contributed by atoms with E-state index in [9.17, 15) is 14.4 Å². The van der Waals surface area contributed by atoms with Gasteiger partial charge >= 0.3 is 0 Å². The normalized spacial score (nSPS) is 15.4. The number of aryl methyl sites for hydroxylation is 1. The van der Waals surface area contributed by atoms with Gasteiger partial charge < -0.3 is 24.7 Å². The van der Waals surface area contributed by atoms with Gasteiger partial charge in [-0.05, 0) is 55.5 Å². The minimum absolute atomic E-state index is 0.112. The molecule has 4 rings (SSSR count). The molecule has 8 heteroatoms. The lowest BCUT2D eigenvalue weighted by Gasteiger charge is -2.17. The molecular formula is C25H25N3O5. The van der Waals surface area contributed by atoms with Gasteiger partial charge in [-0.1, -0.05) is 17.7 Å². The highest BCUT2D eigenvalue weighted by Gasteiger charge is 2.35. The zero-order chi connectivity index (χ0) is 23.2. The van der Waals surface area contributed by atoms with E-state index >= 15 is 0 Å². The van der Waals surface area contributed by atoms with Crippen LogP contribution in [0.4, 0.5) is 11.4 Å². The van der Waals surface area contributed by atoms with Gasteiger partial charge in [-0.2, -0.15) is 0 Å². The van der Waals surface area contributed by atoms with Crippen molar-refractivity contribution in [3.05, 3.63) is 78.3 Å². The number of furan rings is 1. The van der Waals surface area contributed by atoms with Gasteiger partial charge in [0.1, 0.15) is 11.5 Å². The maximum absolute atomic E-state index is 12.5. The van der Waals surface area contributed by atoms with Gasteiger partial charge in [0.25, 0.3) is 5.91 Å². The summed E-state index contributed by atoms with van der Waals surface area (Å²) in [5.41, 5.74) is 2.50. The molecule has 8 nitrogen and oxygen atoms in total. The quantitative estimate of drug-likeness (QED) is 0.552. The first-order chi connectivity index (χ1) is 16.0. The summed E-state index contributed by atoms with van der Waals surface area (Å²) >= 11 is 0.